The first kappa shape index (κ1) is 23.1. The van der Waals surface area contributed by atoms with Gasteiger partial charge in [0.1, 0.15) is 5.82 Å². The molecule has 3 aromatic rings. The summed E-state index contributed by atoms with van der Waals surface area (Å²) in [5, 5.41) is 0.661. The number of sulfonamides is 1. The fourth-order valence-electron chi connectivity index (χ4n) is 3.74. The lowest BCUT2D eigenvalue weighted by Crippen LogP contribution is -2.49. The third-order valence-corrected chi connectivity index (χ3v) is 7.20. The van der Waals surface area contributed by atoms with Crippen molar-refractivity contribution in [2.45, 2.75) is 11.8 Å². The highest BCUT2D eigenvalue weighted by molar-refractivity contribution is 7.92. The largest absolute Gasteiger partial charge is 0.368 e. The quantitative estimate of drug-likeness (QED) is 0.573. The second-order valence-electron chi connectivity index (χ2n) is 7.85. The van der Waals surface area contributed by atoms with E-state index in [0.29, 0.717) is 42.3 Å². The molecule has 4 rings (SSSR count). The third-order valence-electron chi connectivity index (χ3n) is 5.59. The Morgan fingerprint density at radius 1 is 0.970 bits per heavy atom. The molecule has 172 valence electrons. The SMILES string of the molecule is Cc1ccc(S(=O)(=O)Nc2ccc(F)cc2)cc1C(=O)N1CCN(c2cccc(Cl)c2)CC1. The average molecular weight is 488 g/mol. The van der Waals surface area contributed by atoms with E-state index >= 15 is 0 Å². The topological polar surface area (TPSA) is 69.7 Å². The summed E-state index contributed by atoms with van der Waals surface area (Å²) < 4.78 is 41.2. The Kier molecular flexibility index (Phi) is 6.58. The van der Waals surface area contributed by atoms with Crippen molar-refractivity contribution in [3.05, 3.63) is 88.7 Å². The normalized spacial score (nSPS) is 14.3. The first-order valence-corrected chi connectivity index (χ1v) is 12.3. The van der Waals surface area contributed by atoms with E-state index in [4.69, 9.17) is 11.6 Å². The van der Waals surface area contributed by atoms with Gasteiger partial charge in [0.25, 0.3) is 15.9 Å². The van der Waals surface area contributed by atoms with Crippen molar-refractivity contribution < 1.29 is 17.6 Å². The molecule has 33 heavy (non-hydrogen) atoms. The van der Waals surface area contributed by atoms with E-state index in [1.807, 2.05) is 24.3 Å². The lowest BCUT2D eigenvalue weighted by atomic mass is 10.1. The predicted molar refractivity (Wildman–Crippen MR) is 128 cm³/mol. The zero-order valence-corrected chi connectivity index (χ0v) is 19.5. The van der Waals surface area contributed by atoms with Crippen LogP contribution in [0.25, 0.3) is 0 Å². The number of hydrogen-bond acceptors (Lipinski definition) is 4. The monoisotopic (exact) mass is 487 g/mol. The van der Waals surface area contributed by atoms with Gasteiger partial charge in [0, 0.05) is 48.1 Å². The molecule has 0 aromatic heterocycles. The van der Waals surface area contributed by atoms with E-state index in [2.05, 4.69) is 9.62 Å². The van der Waals surface area contributed by atoms with Crippen LogP contribution < -0.4 is 9.62 Å². The number of rotatable bonds is 5. The van der Waals surface area contributed by atoms with Gasteiger partial charge in [-0.15, -0.1) is 0 Å². The molecule has 1 heterocycles. The first-order valence-electron chi connectivity index (χ1n) is 10.4. The van der Waals surface area contributed by atoms with E-state index < -0.39 is 15.8 Å². The maximum Gasteiger partial charge on any atom is 0.261 e. The molecule has 3 aromatic carbocycles. The van der Waals surface area contributed by atoms with Gasteiger partial charge in [0.15, 0.2) is 0 Å². The molecule has 0 bridgehead atoms. The van der Waals surface area contributed by atoms with Crippen molar-refractivity contribution in [3.63, 3.8) is 0 Å². The first-order chi connectivity index (χ1) is 15.7. The number of nitrogens with zero attached hydrogens (tertiary/aromatic N) is 2. The Bertz CT molecular complexity index is 1270. The van der Waals surface area contributed by atoms with Crippen LogP contribution >= 0.6 is 11.6 Å². The molecule has 1 N–H and O–H groups in total. The summed E-state index contributed by atoms with van der Waals surface area (Å²) in [6.45, 7) is 4.09. The molecule has 6 nitrogen and oxygen atoms in total. The Hall–Kier alpha value is -3.10. The molecule has 0 saturated carbocycles. The number of nitrogens with one attached hydrogen (secondary N) is 1. The number of carbonyl (C=O) groups excluding carboxylic acids is 1. The van der Waals surface area contributed by atoms with Gasteiger partial charge in [0.05, 0.1) is 4.90 Å². The fraction of sp³-hybridized carbons (Fsp3) is 0.208. The summed E-state index contributed by atoms with van der Waals surface area (Å²) in [6.07, 6.45) is 0. The van der Waals surface area contributed by atoms with Gasteiger partial charge in [-0.2, -0.15) is 0 Å². The summed E-state index contributed by atoms with van der Waals surface area (Å²) in [7, 11) is -3.94. The standard InChI is InChI=1S/C24H23ClFN3O3S/c1-17-5-10-22(33(31,32)27-20-8-6-19(26)7-9-20)16-23(17)24(30)29-13-11-28(12-14-29)21-4-2-3-18(25)15-21/h2-10,15-16,27H,11-14H2,1H3. The number of hydrogen-bond donors (Lipinski definition) is 1. The molecular weight excluding hydrogens is 465 g/mol. The number of carbonyl (C=O) groups is 1. The summed E-state index contributed by atoms with van der Waals surface area (Å²) in [5.74, 6) is -0.672. The lowest BCUT2D eigenvalue weighted by Gasteiger charge is -2.36. The highest BCUT2D eigenvalue weighted by Gasteiger charge is 2.25. The Balaban J connectivity index is 1.49. The maximum absolute atomic E-state index is 13.2. The van der Waals surface area contributed by atoms with Crippen molar-refractivity contribution in [2.24, 2.45) is 0 Å². The van der Waals surface area contributed by atoms with Gasteiger partial charge < -0.3 is 9.80 Å². The molecule has 0 radical (unpaired) electrons. The Labute approximate surface area is 197 Å². The minimum atomic E-state index is -3.94. The Morgan fingerprint density at radius 3 is 2.33 bits per heavy atom. The minimum Gasteiger partial charge on any atom is -0.368 e. The molecule has 0 atom stereocenters. The third kappa shape index (κ3) is 5.29. The van der Waals surface area contributed by atoms with Crippen molar-refractivity contribution in [1.29, 1.82) is 0 Å². The lowest BCUT2D eigenvalue weighted by molar-refractivity contribution is 0.0746. The van der Waals surface area contributed by atoms with Crippen molar-refractivity contribution in [2.75, 3.05) is 35.8 Å². The van der Waals surface area contributed by atoms with Crippen LogP contribution in [-0.4, -0.2) is 45.4 Å². The maximum atomic E-state index is 13.2. The highest BCUT2D eigenvalue weighted by Crippen LogP contribution is 2.24. The summed E-state index contributed by atoms with van der Waals surface area (Å²) in [4.78, 5) is 17.1. The Morgan fingerprint density at radius 2 is 1.67 bits per heavy atom. The summed E-state index contributed by atoms with van der Waals surface area (Å²) >= 11 is 6.09. The van der Waals surface area contributed by atoms with Crippen LogP contribution in [0.2, 0.25) is 5.02 Å². The van der Waals surface area contributed by atoms with Gasteiger partial charge in [0.2, 0.25) is 0 Å². The van der Waals surface area contributed by atoms with E-state index in [-0.39, 0.29) is 16.5 Å². The molecule has 1 aliphatic heterocycles. The zero-order chi connectivity index (χ0) is 23.6. The van der Waals surface area contributed by atoms with E-state index in [0.717, 1.165) is 5.69 Å². The van der Waals surface area contributed by atoms with Crippen LogP contribution in [0.15, 0.2) is 71.6 Å². The summed E-state index contributed by atoms with van der Waals surface area (Å²) in [6, 6.07) is 17.1. The van der Waals surface area contributed by atoms with Crippen molar-refractivity contribution >= 4 is 38.9 Å². The van der Waals surface area contributed by atoms with Crippen LogP contribution in [0.4, 0.5) is 15.8 Å². The zero-order valence-electron chi connectivity index (χ0n) is 18.0. The second kappa shape index (κ2) is 9.41. The summed E-state index contributed by atoms with van der Waals surface area (Å²) in [5.41, 5.74) is 2.28. The molecule has 1 aliphatic rings. The van der Waals surface area contributed by atoms with Crippen LogP contribution in [-0.2, 0) is 10.0 Å². The van der Waals surface area contributed by atoms with Gasteiger partial charge in [-0.05, 0) is 67.1 Å². The number of amides is 1. The van der Waals surface area contributed by atoms with Crippen LogP contribution in [0.1, 0.15) is 15.9 Å². The van der Waals surface area contributed by atoms with Gasteiger partial charge in [-0.1, -0.05) is 23.7 Å². The van der Waals surface area contributed by atoms with Crippen molar-refractivity contribution in [1.82, 2.24) is 4.90 Å². The number of piperazine rings is 1. The van der Waals surface area contributed by atoms with Crippen LogP contribution in [0, 0.1) is 12.7 Å². The second-order valence-corrected chi connectivity index (χ2v) is 9.97. The fourth-order valence-corrected chi connectivity index (χ4v) is 5.01. The van der Waals surface area contributed by atoms with E-state index in [1.54, 1.807) is 17.9 Å². The molecule has 9 heteroatoms. The van der Waals surface area contributed by atoms with E-state index in [9.17, 15) is 17.6 Å². The van der Waals surface area contributed by atoms with Crippen LogP contribution in [0.3, 0.4) is 0 Å². The van der Waals surface area contributed by atoms with Crippen molar-refractivity contribution in [3.8, 4) is 0 Å². The number of aryl methyl sites for hydroxylation is 1. The predicted octanol–water partition coefficient (Wildman–Crippen LogP) is 4.55. The minimum absolute atomic E-state index is 0.0293. The number of anilines is 2. The van der Waals surface area contributed by atoms with E-state index in [1.165, 1.54) is 36.4 Å². The average Bonchev–Trinajstić information content (AvgIpc) is 2.80. The molecule has 0 unspecified atom stereocenters. The molecule has 1 amide bonds. The molecule has 0 spiro atoms. The molecule has 1 fully saturated rings. The van der Waals surface area contributed by atoms with Gasteiger partial charge in [-0.3, -0.25) is 9.52 Å². The van der Waals surface area contributed by atoms with Crippen LogP contribution in [0.5, 0.6) is 0 Å². The molecule has 0 aliphatic carbocycles. The smallest absolute Gasteiger partial charge is 0.261 e. The van der Waals surface area contributed by atoms with Gasteiger partial charge >= 0.3 is 0 Å². The number of halogens is 2. The van der Waals surface area contributed by atoms with Gasteiger partial charge in [-0.25, -0.2) is 12.8 Å². The number of benzene rings is 3. The highest BCUT2D eigenvalue weighted by atomic mass is 35.5. The molecule has 1 saturated heterocycles. The molecular formula is C24H23ClFN3O3S.